The molecule has 2 N–H and O–H groups in total. The van der Waals surface area contributed by atoms with Crippen LogP contribution in [0.2, 0.25) is 5.02 Å². The molecule has 0 aliphatic carbocycles. The lowest BCUT2D eigenvalue weighted by atomic mass is 9.97. The van der Waals surface area contributed by atoms with E-state index in [1.54, 1.807) is 0 Å². The summed E-state index contributed by atoms with van der Waals surface area (Å²) in [6.45, 7) is -0.931. The van der Waals surface area contributed by atoms with Gasteiger partial charge in [0.15, 0.2) is 0 Å². The van der Waals surface area contributed by atoms with E-state index in [-0.39, 0.29) is 22.6 Å². The standard InChI is InChI=1S/C11H8ClFN2O3/c12-5-1-7-9-8(6(13)2-14-7)11(18,4-16)3-15(9)10(5)17/h1-2,16,18H,3-4H2. The molecule has 0 spiro atoms. The van der Waals surface area contributed by atoms with E-state index in [0.29, 0.717) is 5.52 Å². The van der Waals surface area contributed by atoms with Gasteiger partial charge in [-0.05, 0) is 6.07 Å². The van der Waals surface area contributed by atoms with E-state index in [2.05, 4.69) is 4.98 Å². The van der Waals surface area contributed by atoms with E-state index in [0.717, 1.165) is 10.8 Å². The van der Waals surface area contributed by atoms with Crippen molar-refractivity contribution in [1.29, 1.82) is 0 Å². The smallest absolute Gasteiger partial charge is 0.270 e. The first-order valence-electron chi connectivity index (χ1n) is 5.19. The Labute approximate surface area is 105 Å². The summed E-state index contributed by atoms with van der Waals surface area (Å²) in [6.07, 6.45) is 0.939. The topological polar surface area (TPSA) is 75.4 Å². The molecule has 1 aliphatic rings. The number of nitrogens with zero attached hydrogens (tertiary/aromatic N) is 2. The number of rotatable bonds is 1. The minimum Gasteiger partial charge on any atom is -0.393 e. The van der Waals surface area contributed by atoms with E-state index in [9.17, 15) is 19.4 Å². The number of halogens is 2. The van der Waals surface area contributed by atoms with Crippen LogP contribution in [0.25, 0.3) is 11.0 Å². The van der Waals surface area contributed by atoms with Crippen LogP contribution in [0, 0.1) is 5.82 Å². The van der Waals surface area contributed by atoms with Crippen molar-refractivity contribution in [3.63, 3.8) is 0 Å². The maximum atomic E-state index is 13.8. The van der Waals surface area contributed by atoms with Gasteiger partial charge in [0.2, 0.25) is 0 Å². The fraction of sp³-hybridized carbons (Fsp3) is 0.273. The second-order valence-corrected chi connectivity index (χ2v) is 4.70. The molecule has 7 heteroatoms. The highest BCUT2D eigenvalue weighted by molar-refractivity contribution is 6.31. The van der Waals surface area contributed by atoms with Crippen molar-refractivity contribution < 1.29 is 14.6 Å². The summed E-state index contributed by atoms with van der Waals surface area (Å²) in [6, 6.07) is 1.32. The molecular weight excluding hydrogens is 263 g/mol. The largest absolute Gasteiger partial charge is 0.393 e. The van der Waals surface area contributed by atoms with Crippen LogP contribution in [0.4, 0.5) is 4.39 Å². The summed E-state index contributed by atoms with van der Waals surface area (Å²) in [5.41, 5.74) is -1.98. The molecule has 0 aromatic carbocycles. The second kappa shape index (κ2) is 3.50. The van der Waals surface area contributed by atoms with Crippen molar-refractivity contribution in [2.45, 2.75) is 12.1 Å². The monoisotopic (exact) mass is 270 g/mol. The lowest BCUT2D eigenvalue weighted by Crippen LogP contribution is -2.33. The summed E-state index contributed by atoms with van der Waals surface area (Å²) < 4.78 is 14.9. The average molecular weight is 271 g/mol. The Bertz CT molecular complexity index is 730. The fourth-order valence-electron chi connectivity index (χ4n) is 2.35. The Morgan fingerprint density at radius 2 is 2.33 bits per heavy atom. The zero-order chi connectivity index (χ0) is 13.1. The Morgan fingerprint density at radius 1 is 1.61 bits per heavy atom. The number of pyridine rings is 2. The third-order valence-electron chi connectivity index (χ3n) is 3.16. The summed E-state index contributed by atoms with van der Waals surface area (Å²) in [4.78, 5) is 15.7. The van der Waals surface area contributed by atoms with Crippen molar-refractivity contribution in [1.82, 2.24) is 9.55 Å². The minimum atomic E-state index is -1.82. The molecular formula is C11H8ClFN2O3. The van der Waals surface area contributed by atoms with E-state index in [1.807, 2.05) is 0 Å². The van der Waals surface area contributed by atoms with Gasteiger partial charge in [-0.2, -0.15) is 0 Å². The Hall–Kier alpha value is -1.50. The van der Waals surface area contributed by atoms with Crippen LogP contribution in [0.5, 0.6) is 0 Å². The molecule has 3 rings (SSSR count). The predicted octanol–water partition coefficient (Wildman–Crippen LogP) is 0.382. The highest BCUT2D eigenvalue weighted by atomic mass is 35.5. The first-order chi connectivity index (χ1) is 8.48. The molecule has 3 heterocycles. The molecule has 1 unspecified atom stereocenters. The molecule has 18 heavy (non-hydrogen) atoms. The van der Waals surface area contributed by atoms with Crippen LogP contribution in [0.1, 0.15) is 5.56 Å². The van der Waals surface area contributed by atoms with Crippen LogP contribution in [0.15, 0.2) is 17.1 Å². The van der Waals surface area contributed by atoms with Crippen molar-refractivity contribution >= 4 is 22.6 Å². The van der Waals surface area contributed by atoms with Gasteiger partial charge in [0.05, 0.1) is 35.9 Å². The SMILES string of the molecule is O=c1c(Cl)cc2ncc(F)c3c2n1CC3(O)CO. The third kappa shape index (κ3) is 1.28. The Kier molecular flexibility index (Phi) is 2.25. The van der Waals surface area contributed by atoms with Crippen LogP contribution in [0.3, 0.4) is 0 Å². The van der Waals surface area contributed by atoms with Gasteiger partial charge in [0.25, 0.3) is 5.56 Å². The summed E-state index contributed by atoms with van der Waals surface area (Å²) >= 11 is 5.76. The van der Waals surface area contributed by atoms with Crippen LogP contribution in [-0.4, -0.2) is 26.4 Å². The van der Waals surface area contributed by atoms with Crippen molar-refractivity contribution in [2.24, 2.45) is 0 Å². The molecule has 2 aromatic heterocycles. The minimum absolute atomic E-state index is 0.0604. The molecule has 0 amide bonds. The summed E-state index contributed by atoms with van der Waals surface area (Å²) in [5.74, 6) is -0.757. The van der Waals surface area contributed by atoms with Gasteiger partial charge in [-0.25, -0.2) is 4.39 Å². The van der Waals surface area contributed by atoms with Crippen LogP contribution in [-0.2, 0) is 12.1 Å². The van der Waals surface area contributed by atoms with E-state index >= 15 is 0 Å². The maximum absolute atomic E-state index is 13.8. The molecule has 1 aliphatic heterocycles. The van der Waals surface area contributed by atoms with Gasteiger partial charge in [0.1, 0.15) is 16.4 Å². The number of hydrogen-bond acceptors (Lipinski definition) is 4. The summed E-state index contributed by atoms with van der Waals surface area (Å²) in [7, 11) is 0. The lowest BCUT2D eigenvalue weighted by Gasteiger charge is -2.20. The van der Waals surface area contributed by atoms with Crippen molar-refractivity contribution in [3.05, 3.63) is 39.0 Å². The number of aromatic nitrogens is 2. The van der Waals surface area contributed by atoms with E-state index in [1.165, 1.54) is 6.07 Å². The van der Waals surface area contributed by atoms with Crippen molar-refractivity contribution in [2.75, 3.05) is 6.61 Å². The van der Waals surface area contributed by atoms with E-state index < -0.39 is 23.6 Å². The first kappa shape index (κ1) is 11.6. The van der Waals surface area contributed by atoms with Crippen molar-refractivity contribution in [3.8, 4) is 0 Å². The molecule has 0 fully saturated rings. The van der Waals surface area contributed by atoms with Gasteiger partial charge < -0.3 is 14.8 Å². The van der Waals surface area contributed by atoms with E-state index in [4.69, 9.17) is 11.6 Å². The molecule has 5 nitrogen and oxygen atoms in total. The molecule has 0 saturated heterocycles. The zero-order valence-corrected chi connectivity index (χ0v) is 9.78. The van der Waals surface area contributed by atoms with Gasteiger partial charge in [-0.15, -0.1) is 0 Å². The molecule has 0 saturated carbocycles. The summed E-state index contributed by atoms with van der Waals surface area (Å²) in [5, 5.41) is 19.4. The molecule has 1 atom stereocenters. The van der Waals surface area contributed by atoms with Crippen LogP contribution >= 0.6 is 11.6 Å². The molecule has 0 bridgehead atoms. The highest BCUT2D eigenvalue weighted by Gasteiger charge is 2.41. The van der Waals surface area contributed by atoms with Gasteiger partial charge >= 0.3 is 0 Å². The number of aliphatic hydroxyl groups is 2. The number of aliphatic hydroxyl groups excluding tert-OH is 1. The second-order valence-electron chi connectivity index (χ2n) is 4.29. The molecule has 94 valence electrons. The quantitative estimate of drug-likeness (QED) is 0.786. The molecule has 0 radical (unpaired) electrons. The third-order valence-corrected chi connectivity index (χ3v) is 3.44. The van der Waals surface area contributed by atoms with Crippen LogP contribution < -0.4 is 5.56 Å². The normalized spacial score (nSPS) is 21.8. The lowest BCUT2D eigenvalue weighted by molar-refractivity contribution is -0.0268. The maximum Gasteiger partial charge on any atom is 0.270 e. The average Bonchev–Trinajstić information content (AvgIpc) is 2.67. The predicted molar refractivity (Wildman–Crippen MR) is 62.0 cm³/mol. The first-order valence-corrected chi connectivity index (χ1v) is 5.57. The van der Waals surface area contributed by atoms with Gasteiger partial charge in [0, 0.05) is 0 Å². The number of hydrogen-bond donors (Lipinski definition) is 2. The van der Waals surface area contributed by atoms with Gasteiger partial charge in [-0.1, -0.05) is 11.6 Å². The zero-order valence-electron chi connectivity index (χ0n) is 9.02. The fourth-order valence-corrected chi connectivity index (χ4v) is 2.55. The Morgan fingerprint density at radius 3 is 3.00 bits per heavy atom. The Balaban J connectivity index is 2.54. The molecule has 2 aromatic rings. The highest BCUT2D eigenvalue weighted by Crippen LogP contribution is 2.37. The van der Waals surface area contributed by atoms with Gasteiger partial charge in [-0.3, -0.25) is 9.78 Å².